The van der Waals surface area contributed by atoms with E-state index in [9.17, 15) is 4.79 Å². The molecular weight excluding hydrogens is 336 g/mol. The Morgan fingerprint density at radius 1 is 0.889 bits per heavy atom. The number of carbonyl (C=O) groups is 1. The highest BCUT2D eigenvalue weighted by molar-refractivity contribution is 5.94. The molecule has 2 heterocycles. The molecule has 0 spiro atoms. The fourth-order valence-electron chi connectivity index (χ4n) is 4.49. The van der Waals surface area contributed by atoms with Crippen LogP contribution in [0.5, 0.6) is 0 Å². The van der Waals surface area contributed by atoms with Crippen molar-refractivity contribution in [2.75, 3.05) is 39.4 Å². The minimum Gasteiger partial charge on any atom is -0.379 e. The Labute approximate surface area is 161 Å². The van der Waals surface area contributed by atoms with Crippen LogP contribution in [0, 0.1) is 6.92 Å². The van der Waals surface area contributed by atoms with Crippen LogP contribution in [0.3, 0.4) is 0 Å². The van der Waals surface area contributed by atoms with Crippen LogP contribution in [-0.2, 0) is 10.3 Å². The van der Waals surface area contributed by atoms with E-state index in [2.05, 4.69) is 35.2 Å². The van der Waals surface area contributed by atoms with Gasteiger partial charge in [-0.15, -0.1) is 0 Å². The topological polar surface area (TPSA) is 32.8 Å². The number of hydrogen-bond donors (Lipinski definition) is 0. The predicted molar refractivity (Wildman–Crippen MR) is 107 cm³/mol. The Bertz CT molecular complexity index is 759. The van der Waals surface area contributed by atoms with E-state index < -0.39 is 0 Å². The van der Waals surface area contributed by atoms with Gasteiger partial charge in [0.05, 0.1) is 13.2 Å². The molecule has 2 aliphatic heterocycles. The van der Waals surface area contributed by atoms with E-state index in [0.29, 0.717) is 0 Å². The molecule has 0 atom stereocenters. The lowest BCUT2D eigenvalue weighted by Gasteiger charge is -2.50. The fraction of sp³-hybridized carbons (Fsp3) is 0.435. The highest BCUT2D eigenvalue weighted by Crippen LogP contribution is 2.39. The summed E-state index contributed by atoms with van der Waals surface area (Å²) in [5, 5.41) is 0. The number of likely N-dealkylation sites (tertiary alicyclic amines) is 1. The second kappa shape index (κ2) is 7.83. The van der Waals surface area contributed by atoms with Gasteiger partial charge >= 0.3 is 0 Å². The van der Waals surface area contributed by atoms with Gasteiger partial charge in [-0.05, 0) is 37.5 Å². The van der Waals surface area contributed by atoms with Crippen molar-refractivity contribution in [2.24, 2.45) is 0 Å². The lowest BCUT2D eigenvalue weighted by atomic mass is 9.79. The molecule has 2 aromatic carbocycles. The van der Waals surface area contributed by atoms with Gasteiger partial charge in [-0.3, -0.25) is 9.69 Å². The first-order valence-electron chi connectivity index (χ1n) is 9.93. The molecule has 2 fully saturated rings. The molecule has 0 N–H and O–H groups in total. The van der Waals surface area contributed by atoms with E-state index in [-0.39, 0.29) is 11.4 Å². The summed E-state index contributed by atoms with van der Waals surface area (Å²) in [6.07, 6.45) is 1.93. The van der Waals surface area contributed by atoms with E-state index in [1.54, 1.807) is 0 Å². The molecular formula is C23H28N2O2. The van der Waals surface area contributed by atoms with Gasteiger partial charge < -0.3 is 9.64 Å². The van der Waals surface area contributed by atoms with Crippen molar-refractivity contribution in [3.05, 3.63) is 71.3 Å². The van der Waals surface area contributed by atoms with Crippen LogP contribution in [0.2, 0.25) is 0 Å². The highest BCUT2D eigenvalue weighted by Gasteiger charge is 2.42. The van der Waals surface area contributed by atoms with E-state index >= 15 is 0 Å². The Morgan fingerprint density at radius 3 is 2.15 bits per heavy atom. The van der Waals surface area contributed by atoms with Crippen molar-refractivity contribution < 1.29 is 9.53 Å². The normalized spacial score (nSPS) is 20.4. The van der Waals surface area contributed by atoms with Crippen molar-refractivity contribution in [1.82, 2.24) is 9.80 Å². The summed E-state index contributed by atoms with van der Waals surface area (Å²) >= 11 is 0. The number of nitrogens with zero attached hydrogens (tertiary/aromatic N) is 2. The number of piperidine rings is 1. The first-order valence-corrected chi connectivity index (χ1v) is 9.93. The number of amides is 1. The van der Waals surface area contributed by atoms with Gasteiger partial charge in [0.25, 0.3) is 5.91 Å². The average Bonchev–Trinajstić information content (AvgIpc) is 2.75. The van der Waals surface area contributed by atoms with Crippen molar-refractivity contribution in [2.45, 2.75) is 25.3 Å². The van der Waals surface area contributed by atoms with Crippen molar-refractivity contribution in [1.29, 1.82) is 0 Å². The van der Waals surface area contributed by atoms with Gasteiger partial charge in [0, 0.05) is 37.3 Å². The number of carbonyl (C=O) groups excluding carboxylic acids is 1. The maximum absolute atomic E-state index is 12.9. The molecule has 0 radical (unpaired) electrons. The van der Waals surface area contributed by atoms with Crippen molar-refractivity contribution in [3.8, 4) is 0 Å². The highest BCUT2D eigenvalue weighted by atomic mass is 16.5. The van der Waals surface area contributed by atoms with Crippen LogP contribution < -0.4 is 0 Å². The van der Waals surface area contributed by atoms with Crippen molar-refractivity contribution in [3.63, 3.8) is 0 Å². The molecule has 27 heavy (non-hydrogen) atoms. The van der Waals surface area contributed by atoms with E-state index in [1.165, 1.54) is 11.1 Å². The van der Waals surface area contributed by atoms with Gasteiger partial charge in [0.15, 0.2) is 0 Å². The smallest absolute Gasteiger partial charge is 0.253 e. The van der Waals surface area contributed by atoms with Gasteiger partial charge in [-0.25, -0.2) is 0 Å². The molecule has 0 aromatic heterocycles. The van der Waals surface area contributed by atoms with Crippen molar-refractivity contribution >= 4 is 5.91 Å². The molecule has 4 rings (SSSR count). The molecule has 2 aromatic rings. The first kappa shape index (κ1) is 18.2. The molecule has 0 saturated carbocycles. The maximum atomic E-state index is 12.9. The SMILES string of the molecule is Cc1ccc(C(=O)N2CCC(c3ccccc3)(N3CCOCC3)CC2)cc1. The van der Waals surface area contributed by atoms with E-state index in [0.717, 1.165) is 57.8 Å². The Kier molecular flexibility index (Phi) is 5.28. The Morgan fingerprint density at radius 2 is 1.52 bits per heavy atom. The zero-order chi connectivity index (χ0) is 18.7. The number of benzene rings is 2. The summed E-state index contributed by atoms with van der Waals surface area (Å²) in [4.78, 5) is 17.5. The average molecular weight is 364 g/mol. The van der Waals surface area contributed by atoms with Crippen LogP contribution in [-0.4, -0.2) is 55.1 Å². The third-order valence-corrected chi connectivity index (χ3v) is 6.10. The van der Waals surface area contributed by atoms with Crippen LogP contribution in [0.15, 0.2) is 54.6 Å². The monoisotopic (exact) mass is 364 g/mol. The molecule has 0 aliphatic carbocycles. The van der Waals surface area contributed by atoms with E-state index in [1.807, 2.05) is 36.1 Å². The second-order valence-electron chi connectivity index (χ2n) is 7.66. The number of rotatable bonds is 3. The molecule has 4 nitrogen and oxygen atoms in total. The third kappa shape index (κ3) is 3.64. The van der Waals surface area contributed by atoms with Gasteiger partial charge in [-0.1, -0.05) is 48.0 Å². The first-order chi connectivity index (χ1) is 13.2. The minimum atomic E-state index is 0.00902. The number of ether oxygens (including phenoxy) is 1. The molecule has 4 heteroatoms. The molecule has 0 bridgehead atoms. The van der Waals surface area contributed by atoms with Gasteiger partial charge in [0.1, 0.15) is 0 Å². The lowest BCUT2D eigenvalue weighted by Crippen LogP contribution is -2.57. The fourth-order valence-corrected chi connectivity index (χ4v) is 4.49. The number of aryl methyl sites for hydroxylation is 1. The van der Waals surface area contributed by atoms with Crippen LogP contribution >= 0.6 is 0 Å². The molecule has 0 unspecified atom stereocenters. The summed E-state index contributed by atoms with van der Waals surface area (Å²) in [6, 6.07) is 18.7. The molecule has 1 amide bonds. The summed E-state index contributed by atoms with van der Waals surface area (Å²) in [5.74, 6) is 0.152. The summed E-state index contributed by atoms with van der Waals surface area (Å²) in [6.45, 7) is 7.13. The van der Waals surface area contributed by atoms with Crippen LogP contribution in [0.4, 0.5) is 0 Å². The van der Waals surface area contributed by atoms with Gasteiger partial charge in [-0.2, -0.15) is 0 Å². The standard InChI is InChI=1S/C23H28N2O2/c1-19-7-9-20(10-8-19)22(26)24-13-11-23(12-14-24,21-5-3-2-4-6-21)25-15-17-27-18-16-25/h2-10H,11-18H2,1H3. The summed E-state index contributed by atoms with van der Waals surface area (Å²) in [7, 11) is 0. The minimum absolute atomic E-state index is 0.00902. The lowest BCUT2D eigenvalue weighted by molar-refractivity contribution is -0.0482. The molecule has 142 valence electrons. The predicted octanol–water partition coefficient (Wildman–Crippen LogP) is 3.46. The third-order valence-electron chi connectivity index (χ3n) is 6.10. The quantitative estimate of drug-likeness (QED) is 0.836. The summed E-state index contributed by atoms with van der Waals surface area (Å²) in [5.41, 5.74) is 3.35. The van der Waals surface area contributed by atoms with Gasteiger partial charge in [0.2, 0.25) is 0 Å². The molecule has 2 aliphatic rings. The second-order valence-corrected chi connectivity index (χ2v) is 7.66. The number of morpholine rings is 1. The number of hydrogen-bond acceptors (Lipinski definition) is 3. The zero-order valence-corrected chi connectivity index (χ0v) is 16.1. The zero-order valence-electron chi connectivity index (χ0n) is 16.1. The van der Waals surface area contributed by atoms with Crippen LogP contribution in [0.1, 0.15) is 34.3 Å². The Hall–Kier alpha value is -2.17. The maximum Gasteiger partial charge on any atom is 0.253 e. The van der Waals surface area contributed by atoms with Crippen LogP contribution in [0.25, 0.3) is 0 Å². The largest absolute Gasteiger partial charge is 0.379 e. The van der Waals surface area contributed by atoms with E-state index in [4.69, 9.17) is 4.74 Å². The summed E-state index contributed by atoms with van der Waals surface area (Å²) < 4.78 is 5.59. The Balaban J connectivity index is 1.54. The molecule has 2 saturated heterocycles.